The molecule has 0 bridgehead atoms. The predicted molar refractivity (Wildman–Crippen MR) is 290 cm³/mol. The number of thioether (sulfide) groups is 1. The SMILES string of the molecule is CCN1/C(=C/C=C/C=C/C2=[N+](CCCSCCCCC(=O)NOCC#Cc3cn([C@H]4C[C@H](O)[C@@H](COP(=O)(O)OP(=O)(O)OP(=O)(O)O)O4)c(=O)[nH]c3=O)c3ccc(S(=O)(=O)O)cc3C2(C)C)C(C)(C)c2cc(S(=O)(=O)O)ccc21. The number of amides is 1. The summed E-state index contributed by atoms with van der Waals surface area (Å²) in [6.07, 6.45) is 8.15. The molecule has 0 saturated carbocycles. The molecule has 2 aromatic carbocycles. The maximum absolute atomic E-state index is 12.6. The predicted octanol–water partition coefficient (Wildman–Crippen LogP) is 4.61. The monoisotopic (exact) mass is 1240 g/mol. The van der Waals surface area contributed by atoms with Crippen molar-refractivity contribution in [2.24, 2.45) is 0 Å². The van der Waals surface area contributed by atoms with Gasteiger partial charge in [0.15, 0.2) is 5.71 Å². The molecule has 3 aliphatic heterocycles. The summed E-state index contributed by atoms with van der Waals surface area (Å²) in [5.74, 6) is 6.10. The first-order chi connectivity index (χ1) is 37.1. The third kappa shape index (κ3) is 16.5. The molecule has 0 radical (unpaired) electrons. The number of hydroxylamine groups is 1. The first-order valence-electron chi connectivity index (χ1n) is 24.3. The highest BCUT2D eigenvalue weighted by atomic mass is 32.2. The maximum Gasteiger partial charge on any atom is 0.490 e. The number of anilines is 1. The molecule has 33 heteroatoms. The number of benzene rings is 2. The number of allylic oxidation sites excluding steroid dienone is 6. The number of phosphoric ester groups is 1. The van der Waals surface area contributed by atoms with Gasteiger partial charge in [-0.25, -0.2) is 24.0 Å². The van der Waals surface area contributed by atoms with Crippen molar-refractivity contribution in [1.82, 2.24) is 15.0 Å². The highest BCUT2D eigenvalue weighted by molar-refractivity contribution is 7.99. The molecule has 438 valence electrons. The van der Waals surface area contributed by atoms with Crippen molar-refractivity contribution in [3.8, 4) is 11.8 Å². The highest BCUT2D eigenvalue weighted by Gasteiger charge is 2.46. The summed E-state index contributed by atoms with van der Waals surface area (Å²) in [5.41, 5.74) is 3.87. The van der Waals surface area contributed by atoms with Crippen molar-refractivity contribution in [2.75, 3.05) is 42.7 Å². The Kier molecular flexibility index (Phi) is 20.8. The normalized spacial score (nSPS) is 20.9. The van der Waals surface area contributed by atoms with Crippen molar-refractivity contribution in [3.05, 3.63) is 116 Å². The van der Waals surface area contributed by atoms with Crippen LogP contribution in [0.15, 0.2) is 98.1 Å². The number of unbranched alkanes of at least 4 members (excludes halogenated alkanes) is 1. The number of hydrogen-bond donors (Lipinski definition) is 9. The van der Waals surface area contributed by atoms with Gasteiger partial charge in [-0.15, -0.1) is 0 Å². The van der Waals surface area contributed by atoms with Crippen LogP contribution in [0.1, 0.15) is 89.6 Å². The van der Waals surface area contributed by atoms with E-state index in [1.54, 1.807) is 23.9 Å². The Labute approximate surface area is 464 Å². The molecule has 3 aromatic rings. The van der Waals surface area contributed by atoms with Gasteiger partial charge in [0.1, 0.15) is 31.0 Å². The van der Waals surface area contributed by atoms with E-state index in [2.05, 4.69) is 39.9 Å². The number of rotatable bonds is 25. The molecule has 5 atom stereocenters. The van der Waals surface area contributed by atoms with Crippen molar-refractivity contribution < 1.29 is 96.4 Å². The van der Waals surface area contributed by atoms with Gasteiger partial charge >= 0.3 is 29.2 Å². The number of phosphoric acid groups is 3. The molecule has 0 aliphatic carbocycles. The molecule has 3 aliphatic rings. The largest absolute Gasteiger partial charge is 0.490 e. The first-order valence-corrected chi connectivity index (χ1v) is 32.9. The summed E-state index contributed by atoms with van der Waals surface area (Å²) in [5, 5.41) is 10.4. The lowest BCUT2D eigenvalue weighted by molar-refractivity contribution is -0.437. The highest BCUT2D eigenvalue weighted by Crippen LogP contribution is 2.66. The van der Waals surface area contributed by atoms with Crippen LogP contribution in [-0.4, -0.2) is 126 Å². The Bertz CT molecular complexity index is 3560. The van der Waals surface area contributed by atoms with Gasteiger partial charge in [0, 0.05) is 66.5 Å². The smallest absolute Gasteiger partial charge is 0.390 e. The van der Waals surface area contributed by atoms with Crippen LogP contribution in [0.25, 0.3) is 0 Å². The molecular formula is C47H61N5O22P3S3+. The molecule has 6 rings (SSSR count). The zero-order valence-electron chi connectivity index (χ0n) is 43.6. The summed E-state index contributed by atoms with van der Waals surface area (Å²) >= 11 is 1.70. The molecule has 1 aromatic heterocycles. The number of H-pyrrole nitrogens is 1. The van der Waals surface area contributed by atoms with Crippen LogP contribution in [0.4, 0.5) is 11.4 Å². The Morgan fingerprint density at radius 2 is 1.57 bits per heavy atom. The van der Waals surface area contributed by atoms with Gasteiger partial charge < -0.3 is 34.3 Å². The Morgan fingerprint density at radius 1 is 0.912 bits per heavy atom. The molecule has 1 amide bonds. The molecule has 2 unspecified atom stereocenters. The topological polar surface area (TPSA) is 397 Å². The van der Waals surface area contributed by atoms with E-state index in [1.165, 1.54) is 24.3 Å². The zero-order valence-corrected chi connectivity index (χ0v) is 48.7. The van der Waals surface area contributed by atoms with E-state index in [1.807, 2.05) is 70.0 Å². The van der Waals surface area contributed by atoms with Gasteiger partial charge in [-0.05, 0) is 87.1 Å². The van der Waals surface area contributed by atoms with Crippen molar-refractivity contribution >= 4 is 78.5 Å². The van der Waals surface area contributed by atoms with E-state index in [-0.39, 0.29) is 34.8 Å². The van der Waals surface area contributed by atoms with Crippen LogP contribution in [0.5, 0.6) is 0 Å². The fourth-order valence-corrected chi connectivity index (χ4v) is 14.1. The van der Waals surface area contributed by atoms with Crippen LogP contribution in [0.3, 0.4) is 0 Å². The number of aromatic nitrogens is 2. The number of aliphatic hydroxyl groups is 1. The second-order valence-electron chi connectivity index (χ2n) is 19.2. The van der Waals surface area contributed by atoms with Gasteiger partial charge in [0.2, 0.25) is 11.6 Å². The molecule has 4 heterocycles. The summed E-state index contributed by atoms with van der Waals surface area (Å²) in [6, 6.07) is 9.14. The lowest BCUT2D eigenvalue weighted by Crippen LogP contribution is -2.33. The number of hydrogen-bond acceptors (Lipinski definition) is 18. The van der Waals surface area contributed by atoms with Gasteiger partial charge in [-0.1, -0.05) is 43.9 Å². The van der Waals surface area contributed by atoms with E-state index in [9.17, 15) is 68.9 Å². The van der Waals surface area contributed by atoms with E-state index < -0.39 is 96.7 Å². The van der Waals surface area contributed by atoms with Crippen LogP contribution in [0.2, 0.25) is 0 Å². The number of carbonyl (C=O) groups excluding carboxylic acids is 1. The van der Waals surface area contributed by atoms with Crippen molar-refractivity contribution in [2.45, 2.75) is 106 Å². The molecular weight excluding hydrogens is 1180 g/mol. The summed E-state index contributed by atoms with van der Waals surface area (Å²) in [7, 11) is -25.9. The van der Waals surface area contributed by atoms with E-state index >= 15 is 0 Å². The molecule has 1 fully saturated rings. The number of fused-ring (bicyclic) bond motifs is 2. The fourth-order valence-electron chi connectivity index (χ4n) is 9.12. The van der Waals surface area contributed by atoms with E-state index in [4.69, 9.17) is 19.4 Å². The number of nitrogens with zero attached hydrogens (tertiary/aromatic N) is 3. The minimum Gasteiger partial charge on any atom is -0.390 e. The summed E-state index contributed by atoms with van der Waals surface area (Å²) in [4.78, 5) is 82.8. The molecule has 80 heavy (non-hydrogen) atoms. The number of nitrogens with one attached hydrogen (secondary N) is 2. The van der Waals surface area contributed by atoms with Gasteiger partial charge in [-0.3, -0.25) is 37.6 Å². The second-order valence-corrected chi connectivity index (χ2v) is 27.7. The Hall–Kier alpha value is -4.70. The van der Waals surface area contributed by atoms with Gasteiger partial charge in [-0.2, -0.15) is 41.8 Å². The molecule has 0 spiro atoms. The Balaban J connectivity index is 0.963. The third-order valence-corrected chi connectivity index (χ3v) is 19.5. The average molecular weight is 1240 g/mol. The lowest BCUT2D eigenvalue weighted by Gasteiger charge is -2.25. The summed E-state index contributed by atoms with van der Waals surface area (Å²) in [6.45, 7) is 9.76. The number of ether oxygens (including phenoxy) is 1. The molecule has 9 N–H and O–H groups in total. The van der Waals surface area contributed by atoms with Crippen molar-refractivity contribution in [1.29, 1.82) is 0 Å². The lowest BCUT2D eigenvalue weighted by atomic mass is 9.81. The minimum atomic E-state index is -5.80. The number of carbonyl (C=O) groups is 1. The molecule has 27 nitrogen and oxygen atoms in total. The van der Waals surface area contributed by atoms with Gasteiger partial charge in [0.05, 0.1) is 27.9 Å². The quantitative estimate of drug-likeness (QED) is 0.0106. The molecule has 1 saturated heterocycles. The number of likely N-dealkylation sites (N-methyl/N-ethyl adjacent to an activating group) is 1. The fraction of sp³-hybridized carbons (Fsp3) is 0.447. The summed E-state index contributed by atoms with van der Waals surface area (Å²) < 4.78 is 123. The second kappa shape index (κ2) is 25.8. The van der Waals surface area contributed by atoms with Crippen LogP contribution in [0, 0.1) is 11.8 Å². The van der Waals surface area contributed by atoms with Crippen LogP contribution >= 0.6 is 35.2 Å². The Morgan fingerprint density at radius 3 is 2.24 bits per heavy atom. The van der Waals surface area contributed by atoms with Crippen molar-refractivity contribution in [3.63, 3.8) is 0 Å². The third-order valence-electron chi connectivity index (χ3n) is 12.8. The first kappa shape index (κ1) is 64.5. The van der Waals surface area contributed by atoms with Gasteiger partial charge in [0.25, 0.3) is 25.8 Å². The van der Waals surface area contributed by atoms with E-state index in [0.29, 0.717) is 25.9 Å². The number of aliphatic hydroxyl groups excluding tert-OH is 1. The van der Waals surface area contributed by atoms with Crippen LogP contribution in [-0.2, 0) is 72.3 Å². The number of aromatic amines is 1. The van der Waals surface area contributed by atoms with E-state index in [0.717, 1.165) is 62.6 Å². The average Bonchev–Trinajstić information content (AvgIpc) is 3.89. The maximum atomic E-state index is 12.6. The minimum absolute atomic E-state index is 0.135. The standard InChI is InChI=1S/C47H60N5O22P3S3/c1-6-50-36-20-18-32(79(64,65)66)26-34(36)46(2,3)40(50)15-8-7-9-16-41-47(4,5)35-27-33(80(67,68)69)19-21-37(35)51(41)22-13-25-78-24-11-10-17-42(54)49-70-23-12-14-31-29-52(45(56)48-44(31)55)43-28-38(53)39(72-43)30-71-76(60,61)74-77(62,63)73-75(57,58)59/h7-9,15-16,18-21,26-27,29,38-39,43,53H,6,10-11,13,17,22-25,28,30H2,1-5H3,(H7-,48,49,54,55,56,57,58,59,60,61,62,63,64,65,66,67,68,69)/p+1/t38-,39+,43+/m0/s1. The van der Waals surface area contributed by atoms with Crippen LogP contribution < -0.4 is 21.6 Å². The zero-order chi connectivity index (χ0) is 59.2.